The number of esters is 2. The van der Waals surface area contributed by atoms with Gasteiger partial charge >= 0.3 is 11.9 Å². The maximum atomic E-state index is 12.4. The molecule has 0 aliphatic rings. The predicted molar refractivity (Wildman–Crippen MR) is 321 cm³/mol. The maximum Gasteiger partial charge on any atom is 0.306 e. The van der Waals surface area contributed by atoms with Gasteiger partial charge in [0.15, 0.2) is 6.10 Å². The zero-order valence-corrected chi connectivity index (χ0v) is 49.9. The van der Waals surface area contributed by atoms with E-state index in [1.54, 1.807) is 0 Å². The van der Waals surface area contributed by atoms with Crippen LogP contribution in [-0.4, -0.2) is 36.4 Å². The summed E-state index contributed by atoms with van der Waals surface area (Å²) < 4.78 is 10.8. The highest BCUT2D eigenvalue weighted by atomic mass is 16.6. The quantitative estimate of drug-likeness (QED) is 0.0373. The lowest BCUT2D eigenvalue weighted by Crippen LogP contribution is -2.28. The number of aliphatic hydroxyl groups excluding tert-OH is 1. The molecule has 0 bridgehead atoms. The van der Waals surface area contributed by atoms with E-state index in [2.05, 4.69) is 26.0 Å². The van der Waals surface area contributed by atoms with Crippen LogP contribution in [0.5, 0.6) is 0 Å². The smallest absolute Gasteiger partial charge is 0.306 e. The third-order valence-electron chi connectivity index (χ3n) is 15.8. The SMILES string of the molecule is CCCCCCCCCC/C=C\CCCCCCCCCCCCCCCCCCCCCCCC(=O)OC(CO)COC(=O)CCCCCCCCCCCCCCCCCCCCCCCCCCCC. The molecule has 0 aliphatic carbocycles. The van der Waals surface area contributed by atoms with Crippen LogP contribution < -0.4 is 0 Å². The minimum Gasteiger partial charge on any atom is -0.462 e. The van der Waals surface area contributed by atoms with Gasteiger partial charge in [0.25, 0.3) is 0 Å². The topological polar surface area (TPSA) is 72.8 Å². The van der Waals surface area contributed by atoms with Gasteiger partial charge in [-0.1, -0.05) is 353 Å². The van der Waals surface area contributed by atoms with E-state index in [0.29, 0.717) is 12.8 Å². The summed E-state index contributed by atoms with van der Waals surface area (Å²) in [6.07, 6.45) is 82.4. The summed E-state index contributed by atoms with van der Waals surface area (Å²) in [6.45, 7) is 4.22. The van der Waals surface area contributed by atoms with Gasteiger partial charge in [0.05, 0.1) is 6.61 Å². The standard InChI is InChI=1S/C68H132O5/c1-3-5-7-9-11-13-15-17-19-21-23-25-27-29-31-32-33-34-35-36-37-39-41-43-45-47-49-51-53-55-57-59-61-63-68(71)73-66(64-69)65-72-67(70)62-60-58-56-54-52-50-48-46-44-42-40-38-30-28-26-24-22-20-18-16-14-12-10-8-6-4-2/h21,23,66,69H,3-20,22,24-65H2,1-2H3/b23-21-. The third kappa shape index (κ3) is 63.1. The summed E-state index contributed by atoms with van der Waals surface area (Å²) in [5.74, 6) is -0.561. The molecule has 1 atom stereocenters. The summed E-state index contributed by atoms with van der Waals surface area (Å²) >= 11 is 0. The van der Waals surface area contributed by atoms with Crippen molar-refractivity contribution in [3.8, 4) is 0 Å². The summed E-state index contributed by atoms with van der Waals surface area (Å²) in [4.78, 5) is 24.6. The highest BCUT2D eigenvalue weighted by Crippen LogP contribution is 2.19. The van der Waals surface area contributed by atoms with E-state index >= 15 is 0 Å². The van der Waals surface area contributed by atoms with Crippen LogP contribution in [0.25, 0.3) is 0 Å². The van der Waals surface area contributed by atoms with E-state index in [-0.39, 0.29) is 25.2 Å². The average molecular weight is 1030 g/mol. The van der Waals surface area contributed by atoms with Gasteiger partial charge in [-0.15, -0.1) is 0 Å². The highest BCUT2D eigenvalue weighted by Gasteiger charge is 2.16. The molecule has 5 nitrogen and oxygen atoms in total. The second-order valence-corrected chi connectivity index (χ2v) is 23.3. The molecule has 0 saturated heterocycles. The Balaban J connectivity index is 3.37. The van der Waals surface area contributed by atoms with E-state index in [0.717, 1.165) is 32.1 Å². The van der Waals surface area contributed by atoms with Crippen LogP contribution in [0.15, 0.2) is 12.2 Å². The lowest BCUT2D eigenvalue weighted by atomic mass is 10.0. The first kappa shape index (κ1) is 71.6. The van der Waals surface area contributed by atoms with E-state index in [9.17, 15) is 14.7 Å². The molecule has 1 unspecified atom stereocenters. The van der Waals surface area contributed by atoms with Crippen LogP contribution in [0.1, 0.15) is 393 Å². The fourth-order valence-electron chi connectivity index (χ4n) is 10.7. The summed E-state index contributed by atoms with van der Waals surface area (Å²) in [5.41, 5.74) is 0. The molecule has 0 saturated carbocycles. The second kappa shape index (κ2) is 64.9. The monoisotopic (exact) mass is 1030 g/mol. The maximum absolute atomic E-state index is 12.4. The van der Waals surface area contributed by atoms with Gasteiger partial charge in [-0.25, -0.2) is 0 Å². The van der Waals surface area contributed by atoms with Gasteiger partial charge in [0.1, 0.15) is 6.61 Å². The van der Waals surface area contributed by atoms with Crippen LogP contribution in [0.4, 0.5) is 0 Å². The molecule has 73 heavy (non-hydrogen) atoms. The van der Waals surface area contributed by atoms with Gasteiger partial charge in [0, 0.05) is 12.8 Å². The molecule has 0 aromatic carbocycles. The molecule has 0 rings (SSSR count). The minimum atomic E-state index is -0.767. The fraction of sp³-hybridized carbons (Fsp3) is 0.941. The lowest BCUT2D eigenvalue weighted by Gasteiger charge is -2.15. The number of aliphatic hydroxyl groups is 1. The zero-order chi connectivity index (χ0) is 52.7. The van der Waals surface area contributed by atoms with E-state index in [4.69, 9.17) is 9.47 Å². The van der Waals surface area contributed by atoms with E-state index in [1.165, 1.54) is 334 Å². The van der Waals surface area contributed by atoms with Crippen molar-refractivity contribution in [2.24, 2.45) is 0 Å². The first-order valence-corrected chi connectivity index (χ1v) is 33.7. The second-order valence-electron chi connectivity index (χ2n) is 23.3. The summed E-state index contributed by atoms with van der Waals surface area (Å²) in [6, 6.07) is 0. The molecule has 0 radical (unpaired) electrons. The number of allylic oxidation sites excluding steroid dienone is 2. The number of hydrogen-bond acceptors (Lipinski definition) is 5. The molecule has 434 valence electrons. The number of rotatable bonds is 64. The number of carbonyl (C=O) groups excluding carboxylic acids is 2. The molecule has 0 fully saturated rings. The van der Waals surface area contributed by atoms with E-state index < -0.39 is 6.10 Å². The van der Waals surface area contributed by atoms with Crippen LogP contribution in [0, 0.1) is 0 Å². The summed E-state index contributed by atoms with van der Waals surface area (Å²) in [7, 11) is 0. The Kier molecular flexibility index (Phi) is 63.7. The van der Waals surface area contributed by atoms with Gasteiger partial charge < -0.3 is 14.6 Å². The molecule has 1 N–H and O–H groups in total. The predicted octanol–water partition coefficient (Wildman–Crippen LogP) is 23.0. The van der Waals surface area contributed by atoms with Crippen molar-refractivity contribution in [2.75, 3.05) is 13.2 Å². The van der Waals surface area contributed by atoms with Crippen LogP contribution in [0.2, 0.25) is 0 Å². The molecule has 0 spiro atoms. The van der Waals surface area contributed by atoms with Gasteiger partial charge in [0.2, 0.25) is 0 Å². The number of unbranched alkanes of at least 4 members (excludes halogenated alkanes) is 54. The van der Waals surface area contributed by atoms with Crippen molar-refractivity contribution in [2.45, 2.75) is 399 Å². The van der Waals surface area contributed by atoms with Crippen molar-refractivity contribution in [3.63, 3.8) is 0 Å². The normalized spacial score (nSPS) is 12.1. The Morgan fingerprint density at radius 1 is 0.301 bits per heavy atom. The average Bonchev–Trinajstić information content (AvgIpc) is 3.39. The third-order valence-corrected chi connectivity index (χ3v) is 15.8. The molecule has 0 heterocycles. The Labute approximate surface area is 458 Å². The molecule has 0 aromatic rings. The van der Waals surface area contributed by atoms with Gasteiger partial charge in [-0.05, 0) is 38.5 Å². The number of carbonyl (C=O) groups is 2. The van der Waals surface area contributed by atoms with Crippen molar-refractivity contribution in [3.05, 3.63) is 12.2 Å². The fourth-order valence-corrected chi connectivity index (χ4v) is 10.7. The van der Waals surface area contributed by atoms with Crippen LogP contribution in [0.3, 0.4) is 0 Å². The lowest BCUT2D eigenvalue weighted by molar-refractivity contribution is -0.161. The first-order valence-electron chi connectivity index (χ1n) is 33.7. The highest BCUT2D eigenvalue weighted by molar-refractivity contribution is 5.70. The summed E-state index contributed by atoms with van der Waals surface area (Å²) in [5, 5.41) is 9.69. The van der Waals surface area contributed by atoms with Crippen molar-refractivity contribution >= 4 is 11.9 Å². The van der Waals surface area contributed by atoms with Crippen molar-refractivity contribution in [1.82, 2.24) is 0 Å². The van der Waals surface area contributed by atoms with Crippen molar-refractivity contribution in [1.29, 1.82) is 0 Å². The minimum absolute atomic E-state index is 0.0566. The van der Waals surface area contributed by atoms with Crippen LogP contribution >= 0.6 is 0 Å². The van der Waals surface area contributed by atoms with Crippen molar-refractivity contribution < 1.29 is 24.2 Å². The molecule has 0 aliphatic heterocycles. The van der Waals surface area contributed by atoms with Gasteiger partial charge in [-0.3, -0.25) is 9.59 Å². The van der Waals surface area contributed by atoms with E-state index in [1.807, 2.05) is 0 Å². The number of ether oxygens (including phenoxy) is 2. The van der Waals surface area contributed by atoms with Crippen LogP contribution in [-0.2, 0) is 19.1 Å². The Morgan fingerprint density at radius 2 is 0.507 bits per heavy atom. The van der Waals surface area contributed by atoms with Gasteiger partial charge in [-0.2, -0.15) is 0 Å². The largest absolute Gasteiger partial charge is 0.462 e. The molecule has 0 aromatic heterocycles. The Morgan fingerprint density at radius 3 is 0.740 bits per heavy atom. The molecule has 5 heteroatoms. The Hall–Kier alpha value is -1.36. The molecule has 0 amide bonds. The molecular weight excluding hydrogens is 897 g/mol. The Bertz CT molecular complexity index is 1070. The molecular formula is C68H132O5. The number of hydrogen-bond donors (Lipinski definition) is 1. The zero-order valence-electron chi connectivity index (χ0n) is 49.9. The first-order chi connectivity index (χ1) is 36.1.